The zero-order valence-electron chi connectivity index (χ0n) is 15.7. The van der Waals surface area contributed by atoms with Gasteiger partial charge in [0.15, 0.2) is 0 Å². The number of benzene rings is 3. The molecule has 0 unspecified atom stereocenters. The van der Waals surface area contributed by atoms with E-state index >= 15 is 0 Å². The normalized spacial score (nSPS) is 10.7. The second-order valence-corrected chi connectivity index (χ2v) is 6.49. The smallest absolute Gasteiger partial charge is 0.144 e. The van der Waals surface area contributed by atoms with E-state index in [9.17, 15) is 0 Å². The summed E-state index contributed by atoms with van der Waals surface area (Å²) in [6.45, 7) is 4.28. The molecular weight excluding hydrogens is 330 g/mol. The first-order chi connectivity index (χ1) is 13.3. The van der Waals surface area contributed by atoms with E-state index < -0.39 is 0 Å². The van der Waals surface area contributed by atoms with Crippen LogP contribution >= 0.6 is 0 Å². The van der Waals surface area contributed by atoms with Crippen molar-refractivity contribution in [2.24, 2.45) is 0 Å². The van der Waals surface area contributed by atoms with E-state index in [4.69, 9.17) is 5.10 Å². The minimum absolute atomic E-state index is 0.921. The van der Waals surface area contributed by atoms with E-state index in [0.29, 0.717) is 0 Å². The Balaban J connectivity index is 2.00. The van der Waals surface area contributed by atoms with Crippen LogP contribution in [0.2, 0.25) is 0 Å². The van der Waals surface area contributed by atoms with Gasteiger partial charge in [-0.15, -0.1) is 0 Å². The van der Waals surface area contributed by atoms with Crippen LogP contribution in [0.25, 0.3) is 5.69 Å². The number of hydrogen-bond donors (Lipinski definition) is 0. The third-order valence-corrected chi connectivity index (χ3v) is 4.75. The monoisotopic (exact) mass is 353 g/mol. The van der Waals surface area contributed by atoms with Crippen molar-refractivity contribution >= 4 is 17.2 Å². The lowest BCUT2D eigenvalue weighted by Crippen LogP contribution is -2.16. The van der Waals surface area contributed by atoms with E-state index in [1.165, 1.54) is 5.56 Å². The molecule has 4 aromatic rings. The number of anilines is 3. The van der Waals surface area contributed by atoms with Gasteiger partial charge < -0.3 is 0 Å². The summed E-state index contributed by atoms with van der Waals surface area (Å²) >= 11 is 0. The number of nitrogens with zero attached hydrogens (tertiary/aromatic N) is 3. The van der Waals surface area contributed by atoms with E-state index in [-0.39, 0.29) is 0 Å². The van der Waals surface area contributed by atoms with Crippen LogP contribution in [0.5, 0.6) is 0 Å². The third-order valence-electron chi connectivity index (χ3n) is 4.75. The Morgan fingerprint density at radius 1 is 0.741 bits per heavy atom. The summed E-state index contributed by atoms with van der Waals surface area (Å²) < 4.78 is 2.06. The molecule has 3 heteroatoms. The molecule has 134 valence electrons. The topological polar surface area (TPSA) is 21.1 Å². The SMILES string of the molecule is CCc1c(C)nn(-c2ccccc2)c1N(c1ccccc1)c1ccccc1. The lowest BCUT2D eigenvalue weighted by Gasteiger charge is -2.27. The quantitative estimate of drug-likeness (QED) is 0.425. The van der Waals surface area contributed by atoms with Crippen molar-refractivity contribution in [2.45, 2.75) is 20.3 Å². The highest BCUT2D eigenvalue weighted by Gasteiger charge is 2.23. The van der Waals surface area contributed by atoms with Crippen LogP contribution in [0.15, 0.2) is 91.0 Å². The number of aryl methyl sites for hydroxylation is 1. The van der Waals surface area contributed by atoms with Crippen molar-refractivity contribution in [2.75, 3.05) is 4.90 Å². The van der Waals surface area contributed by atoms with Gasteiger partial charge in [-0.3, -0.25) is 4.90 Å². The minimum Gasteiger partial charge on any atom is -0.295 e. The van der Waals surface area contributed by atoms with Gasteiger partial charge in [0, 0.05) is 16.9 Å². The Bertz CT molecular complexity index is 966. The molecule has 0 N–H and O–H groups in total. The molecule has 0 amide bonds. The Morgan fingerprint density at radius 2 is 1.22 bits per heavy atom. The summed E-state index contributed by atoms with van der Waals surface area (Å²) in [5, 5.41) is 4.90. The molecular formula is C24H23N3. The lowest BCUT2D eigenvalue weighted by molar-refractivity contribution is 0.856. The van der Waals surface area contributed by atoms with Crippen LogP contribution in [0.3, 0.4) is 0 Å². The average Bonchev–Trinajstić information content (AvgIpc) is 3.06. The molecule has 3 nitrogen and oxygen atoms in total. The number of hydrogen-bond acceptors (Lipinski definition) is 2. The summed E-state index contributed by atoms with van der Waals surface area (Å²) in [4.78, 5) is 2.30. The molecule has 0 saturated carbocycles. The average molecular weight is 353 g/mol. The second-order valence-electron chi connectivity index (χ2n) is 6.49. The molecule has 0 aliphatic rings. The highest BCUT2D eigenvalue weighted by atomic mass is 15.4. The molecule has 0 bridgehead atoms. The molecule has 0 fully saturated rings. The van der Waals surface area contributed by atoms with Crippen LogP contribution in [0, 0.1) is 6.92 Å². The molecule has 1 heterocycles. The Kier molecular flexibility index (Phi) is 4.75. The predicted molar refractivity (Wildman–Crippen MR) is 112 cm³/mol. The lowest BCUT2D eigenvalue weighted by atomic mass is 10.1. The molecule has 0 atom stereocenters. The first-order valence-corrected chi connectivity index (χ1v) is 9.33. The van der Waals surface area contributed by atoms with E-state index in [1.54, 1.807) is 0 Å². The second kappa shape index (κ2) is 7.50. The van der Waals surface area contributed by atoms with Crippen LogP contribution in [-0.4, -0.2) is 9.78 Å². The molecule has 0 aliphatic heterocycles. The number of aromatic nitrogens is 2. The van der Waals surface area contributed by atoms with Gasteiger partial charge >= 0.3 is 0 Å². The van der Waals surface area contributed by atoms with E-state index in [1.807, 2.05) is 18.2 Å². The standard InChI is InChI=1S/C24H23N3/c1-3-23-19(2)25-27(22-17-11-6-12-18-22)24(23)26(20-13-7-4-8-14-20)21-15-9-5-10-16-21/h4-18H,3H2,1-2H3. The largest absolute Gasteiger partial charge is 0.295 e. The molecule has 0 spiro atoms. The highest BCUT2D eigenvalue weighted by Crippen LogP contribution is 2.38. The van der Waals surface area contributed by atoms with Crippen molar-refractivity contribution in [3.8, 4) is 5.69 Å². The zero-order chi connectivity index (χ0) is 18.6. The Morgan fingerprint density at radius 3 is 1.70 bits per heavy atom. The third kappa shape index (κ3) is 3.24. The fourth-order valence-electron chi connectivity index (χ4n) is 3.49. The molecule has 27 heavy (non-hydrogen) atoms. The number of para-hydroxylation sites is 3. The van der Waals surface area contributed by atoms with E-state index in [2.05, 4.69) is 96.2 Å². The Labute approximate surface area is 160 Å². The van der Waals surface area contributed by atoms with Gasteiger partial charge in [0.25, 0.3) is 0 Å². The van der Waals surface area contributed by atoms with Crippen molar-refractivity contribution < 1.29 is 0 Å². The molecule has 0 saturated heterocycles. The van der Waals surface area contributed by atoms with Gasteiger partial charge in [0.1, 0.15) is 5.82 Å². The maximum absolute atomic E-state index is 4.90. The van der Waals surface area contributed by atoms with Gasteiger partial charge in [-0.2, -0.15) is 5.10 Å². The van der Waals surface area contributed by atoms with Gasteiger partial charge in [0.05, 0.1) is 11.4 Å². The molecule has 1 aromatic heterocycles. The zero-order valence-corrected chi connectivity index (χ0v) is 15.7. The first kappa shape index (κ1) is 17.1. The molecule has 3 aromatic carbocycles. The van der Waals surface area contributed by atoms with E-state index in [0.717, 1.165) is 35.0 Å². The molecule has 4 rings (SSSR count). The summed E-state index contributed by atoms with van der Waals surface area (Å²) in [6, 6.07) is 31.3. The van der Waals surface area contributed by atoms with Crippen LogP contribution in [0.1, 0.15) is 18.2 Å². The van der Waals surface area contributed by atoms with Crippen LogP contribution in [0.4, 0.5) is 17.2 Å². The first-order valence-electron chi connectivity index (χ1n) is 9.33. The summed E-state index contributed by atoms with van der Waals surface area (Å²) in [6.07, 6.45) is 0.921. The predicted octanol–water partition coefficient (Wildman–Crippen LogP) is 6.21. The maximum Gasteiger partial charge on any atom is 0.144 e. The maximum atomic E-state index is 4.90. The Hall–Kier alpha value is -3.33. The van der Waals surface area contributed by atoms with Crippen LogP contribution in [-0.2, 0) is 6.42 Å². The van der Waals surface area contributed by atoms with Crippen molar-refractivity contribution in [1.82, 2.24) is 9.78 Å². The van der Waals surface area contributed by atoms with Crippen molar-refractivity contribution in [1.29, 1.82) is 0 Å². The minimum atomic E-state index is 0.921. The summed E-state index contributed by atoms with van der Waals surface area (Å²) in [7, 11) is 0. The summed E-state index contributed by atoms with van der Waals surface area (Å²) in [5.41, 5.74) is 5.62. The highest BCUT2D eigenvalue weighted by molar-refractivity contribution is 5.77. The van der Waals surface area contributed by atoms with Gasteiger partial charge in [-0.1, -0.05) is 61.5 Å². The fraction of sp³-hybridized carbons (Fsp3) is 0.125. The molecule has 0 radical (unpaired) electrons. The van der Waals surface area contributed by atoms with Crippen molar-refractivity contribution in [3.05, 3.63) is 102 Å². The fourth-order valence-corrected chi connectivity index (χ4v) is 3.49. The molecule has 0 aliphatic carbocycles. The summed E-state index contributed by atoms with van der Waals surface area (Å²) in [5.74, 6) is 1.10. The van der Waals surface area contributed by atoms with Gasteiger partial charge in [0.2, 0.25) is 0 Å². The van der Waals surface area contributed by atoms with Gasteiger partial charge in [-0.25, -0.2) is 4.68 Å². The van der Waals surface area contributed by atoms with Gasteiger partial charge in [-0.05, 0) is 49.7 Å². The van der Waals surface area contributed by atoms with Crippen LogP contribution < -0.4 is 4.90 Å². The van der Waals surface area contributed by atoms with Crippen molar-refractivity contribution in [3.63, 3.8) is 0 Å². The number of rotatable bonds is 5.